The fraction of sp³-hybridized carbons (Fsp3) is 0.250. The molecule has 0 unspecified atom stereocenters. The zero-order chi connectivity index (χ0) is 19.7. The van der Waals surface area contributed by atoms with Crippen LogP contribution in [0, 0.1) is 6.92 Å². The van der Waals surface area contributed by atoms with E-state index in [-0.39, 0.29) is 18.9 Å². The van der Waals surface area contributed by atoms with Crippen LogP contribution in [0.1, 0.15) is 23.1 Å². The Morgan fingerprint density at radius 3 is 2.59 bits per heavy atom. The Morgan fingerprint density at radius 2 is 1.89 bits per heavy atom. The third kappa shape index (κ3) is 7.64. The first kappa shape index (κ1) is 20.7. The summed E-state index contributed by atoms with van der Waals surface area (Å²) < 4.78 is 31.4. The van der Waals surface area contributed by atoms with Gasteiger partial charge in [0.25, 0.3) is 0 Å². The zero-order valence-electron chi connectivity index (χ0n) is 15.4. The van der Waals surface area contributed by atoms with Gasteiger partial charge < -0.3 is 10.1 Å². The minimum Gasteiger partial charge on any atom is -0.497 e. The summed E-state index contributed by atoms with van der Waals surface area (Å²) in [6.07, 6.45) is 1.58. The minimum atomic E-state index is -3.59. The number of aryl methyl sites for hydroxylation is 1. The monoisotopic (exact) mass is 388 g/mol. The molecule has 0 aliphatic carbocycles. The lowest BCUT2D eigenvalue weighted by atomic mass is 10.2. The fourth-order valence-corrected chi connectivity index (χ4v) is 3.09. The van der Waals surface area contributed by atoms with Crippen molar-refractivity contribution in [2.24, 2.45) is 0 Å². The first-order valence-electron chi connectivity index (χ1n) is 8.52. The topological polar surface area (TPSA) is 84.5 Å². The molecule has 6 nitrogen and oxygen atoms in total. The largest absolute Gasteiger partial charge is 0.497 e. The predicted molar refractivity (Wildman–Crippen MR) is 107 cm³/mol. The molecule has 0 fully saturated rings. The molecule has 0 heterocycles. The van der Waals surface area contributed by atoms with Crippen molar-refractivity contribution in [2.45, 2.75) is 19.9 Å². The number of amides is 1. The van der Waals surface area contributed by atoms with E-state index in [2.05, 4.69) is 10.0 Å². The first-order valence-corrected chi connectivity index (χ1v) is 10.1. The highest BCUT2D eigenvalue weighted by atomic mass is 32.2. The number of ether oxygens (including phenoxy) is 1. The van der Waals surface area contributed by atoms with Crippen molar-refractivity contribution in [3.05, 3.63) is 70.6 Å². The van der Waals surface area contributed by atoms with E-state index in [4.69, 9.17) is 4.74 Å². The molecule has 0 atom stereocenters. The molecule has 0 aliphatic heterocycles. The molecule has 2 aromatic carbocycles. The Kier molecular flexibility index (Phi) is 7.57. The van der Waals surface area contributed by atoms with E-state index in [9.17, 15) is 13.2 Å². The minimum absolute atomic E-state index is 0.0323. The molecule has 0 bridgehead atoms. The highest BCUT2D eigenvalue weighted by Gasteiger charge is 2.07. The summed E-state index contributed by atoms with van der Waals surface area (Å²) in [6, 6.07) is 14.9. The quantitative estimate of drug-likeness (QED) is 0.692. The molecule has 27 heavy (non-hydrogen) atoms. The normalized spacial score (nSPS) is 11.5. The van der Waals surface area contributed by atoms with Crippen LogP contribution < -0.4 is 14.8 Å². The molecule has 1 amide bonds. The van der Waals surface area contributed by atoms with Gasteiger partial charge in [-0.05, 0) is 36.3 Å². The van der Waals surface area contributed by atoms with Gasteiger partial charge in [0, 0.05) is 24.9 Å². The van der Waals surface area contributed by atoms with Gasteiger partial charge in [0.1, 0.15) is 5.75 Å². The van der Waals surface area contributed by atoms with Gasteiger partial charge in [0.2, 0.25) is 15.9 Å². The van der Waals surface area contributed by atoms with E-state index < -0.39 is 10.0 Å². The molecule has 2 rings (SSSR count). The van der Waals surface area contributed by atoms with E-state index in [0.29, 0.717) is 6.54 Å². The summed E-state index contributed by atoms with van der Waals surface area (Å²) in [5.41, 5.74) is 2.81. The van der Waals surface area contributed by atoms with Crippen molar-refractivity contribution < 1.29 is 17.9 Å². The van der Waals surface area contributed by atoms with E-state index in [1.54, 1.807) is 7.11 Å². The molecule has 0 aliphatic rings. The SMILES string of the molecule is COc1cccc(CNC(=O)CCNS(=O)(=O)/C=C/c2ccc(C)cc2)c1. The van der Waals surface area contributed by atoms with Gasteiger partial charge in [0.05, 0.1) is 7.11 Å². The van der Waals surface area contributed by atoms with Crippen molar-refractivity contribution in [1.29, 1.82) is 0 Å². The number of hydrogen-bond donors (Lipinski definition) is 2. The molecule has 2 aromatic rings. The number of methoxy groups -OCH3 is 1. The van der Waals surface area contributed by atoms with Crippen LogP contribution in [-0.4, -0.2) is 28.0 Å². The lowest BCUT2D eigenvalue weighted by molar-refractivity contribution is -0.121. The Bertz CT molecular complexity index is 890. The van der Waals surface area contributed by atoms with Crippen LogP contribution in [0.15, 0.2) is 53.9 Å². The number of hydrogen-bond acceptors (Lipinski definition) is 4. The highest BCUT2D eigenvalue weighted by Crippen LogP contribution is 2.12. The maximum absolute atomic E-state index is 12.0. The molecule has 0 aromatic heterocycles. The van der Waals surface area contributed by atoms with Gasteiger partial charge in [-0.2, -0.15) is 0 Å². The highest BCUT2D eigenvalue weighted by molar-refractivity contribution is 7.92. The summed E-state index contributed by atoms with van der Waals surface area (Å²) in [5, 5.41) is 3.86. The van der Waals surface area contributed by atoms with E-state index in [1.807, 2.05) is 55.5 Å². The van der Waals surface area contributed by atoms with Gasteiger partial charge in [-0.1, -0.05) is 42.0 Å². The molecule has 0 saturated carbocycles. The number of sulfonamides is 1. The average Bonchev–Trinajstić information content (AvgIpc) is 2.66. The second kappa shape index (κ2) is 9.89. The van der Waals surface area contributed by atoms with Crippen LogP contribution in [0.2, 0.25) is 0 Å². The number of nitrogens with one attached hydrogen (secondary N) is 2. The second-order valence-electron chi connectivity index (χ2n) is 6.03. The molecular formula is C20H24N2O4S. The van der Waals surface area contributed by atoms with E-state index >= 15 is 0 Å². The number of rotatable bonds is 9. The van der Waals surface area contributed by atoms with Gasteiger partial charge in [-0.15, -0.1) is 0 Å². The maximum atomic E-state index is 12.0. The van der Waals surface area contributed by atoms with Crippen molar-refractivity contribution in [2.75, 3.05) is 13.7 Å². The van der Waals surface area contributed by atoms with Gasteiger partial charge >= 0.3 is 0 Å². The van der Waals surface area contributed by atoms with E-state index in [1.165, 1.54) is 6.08 Å². The van der Waals surface area contributed by atoms with Gasteiger partial charge in [0.15, 0.2) is 0 Å². The molecule has 0 spiro atoms. The van der Waals surface area contributed by atoms with E-state index in [0.717, 1.165) is 27.8 Å². The number of carbonyl (C=O) groups excluding carboxylic acids is 1. The Hall–Kier alpha value is -2.64. The first-order chi connectivity index (χ1) is 12.9. The molecule has 2 N–H and O–H groups in total. The molecular weight excluding hydrogens is 364 g/mol. The average molecular weight is 388 g/mol. The molecule has 0 saturated heterocycles. The third-order valence-electron chi connectivity index (χ3n) is 3.80. The lowest BCUT2D eigenvalue weighted by Crippen LogP contribution is -2.29. The Balaban J connectivity index is 1.75. The Morgan fingerprint density at radius 1 is 1.15 bits per heavy atom. The van der Waals surface area contributed by atoms with Crippen LogP contribution in [0.5, 0.6) is 5.75 Å². The summed E-state index contributed by atoms with van der Waals surface area (Å²) >= 11 is 0. The predicted octanol–water partition coefficient (Wildman–Crippen LogP) is 2.60. The van der Waals surface area contributed by atoms with Gasteiger partial charge in [-0.25, -0.2) is 13.1 Å². The third-order valence-corrected chi connectivity index (χ3v) is 4.90. The Labute approximate surface area is 160 Å². The maximum Gasteiger partial charge on any atom is 0.233 e. The second-order valence-corrected chi connectivity index (χ2v) is 7.68. The number of carbonyl (C=O) groups is 1. The molecule has 0 radical (unpaired) electrons. The van der Waals surface area contributed by atoms with Crippen LogP contribution in [0.3, 0.4) is 0 Å². The summed E-state index contributed by atoms with van der Waals surface area (Å²) in [7, 11) is -2.01. The van der Waals surface area contributed by atoms with Crippen molar-refractivity contribution in [3.63, 3.8) is 0 Å². The smallest absolute Gasteiger partial charge is 0.233 e. The molecule has 144 valence electrons. The van der Waals surface area contributed by atoms with Crippen molar-refractivity contribution >= 4 is 22.0 Å². The number of benzene rings is 2. The fourth-order valence-electron chi connectivity index (χ4n) is 2.27. The standard InChI is InChI=1S/C20H24N2O4S/c1-16-6-8-17(9-7-16)11-13-27(24,25)22-12-10-20(23)21-15-18-4-3-5-19(14-18)26-2/h3-9,11,13-14,22H,10,12,15H2,1-2H3,(H,21,23)/b13-11+. The summed E-state index contributed by atoms with van der Waals surface area (Å²) in [5.74, 6) is 0.484. The van der Waals surface area contributed by atoms with Crippen LogP contribution in [0.25, 0.3) is 6.08 Å². The van der Waals surface area contributed by atoms with Crippen LogP contribution in [-0.2, 0) is 21.4 Å². The van der Waals surface area contributed by atoms with Crippen molar-refractivity contribution in [3.8, 4) is 5.75 Å². The van der Waals surface area contributed by atoms with Crippen LogP contribution in [0.4, 0.5) is 0 Å². The van der Waals surface area contributed by atoms with Crippen molar-refractivity contribution in [1.82, 2.24) is 10.0 Å². The lowest BCUT2D eigenvalue weighted by Gasteiger charge is -2.07. The molecule has 7 heteroatoms. The van der Waals surface area contributed by atoms with Gasteiger partial charge in [-0.3, -0.25) is 4.79 Å². The summed E-state index contributed by atoms with van der Waals surface area (Å²) in [4.78, 5) is 11.9. The van der Waals surface area contributed by atoms with Crippen LogP contribution >= 0.6 is 0 Å². The summed E-state index contributed by atoms with van der Waals surface area (Å²) in [6.45, 7) is 2.35. The zero-order valence-corrected chi connectivity index (χ0v) is 16.3.